The number of rotatable bonds is 9. The number of aromatic nitrogens is 1. The zero-order chi connectivity index (χ0) is 19.8. The summed E-state index contributed by atoms with van der Waals surface area (Å²) in [6.45, 7) is 5.25. The summed E-state index contributed by atoms with van der Waals surface area (Å²) in [6.07, 6.45) is 1.70. The molecule has 146 valence electrons. The Balaban J connectivity index is 1.59. The van der Waals surface area contributed by atoms with Gasteiger partial charge in [-0.2, -0.15) is 0 Å². The molecule has 1 aromatic heterocycles. The van der Waals surface area contributed by atoms with Crippen molar-refractivity contribution < 1.29 is 19.0 Å². The molecule has 2 aromatic carbocycles. The molecule has 0 aliphatic heterocycles. The highest BCUT2D eigenvalue weighted by Crippen LogP contribution is 2.28. The molecule has 0 saturated heterocycles. The third kappa shape index (κ3) is 5.23. The lowest BCUT2D eigenvalue weighted by molar-refractivity contribution is 0.0950. The number of carbonyl (C=O) groups is 1. The van der Waals surface area contributed by atoms with Crippen LogP contribution in [-0.2, 0) is 6.54 Å². The predicted molar refractivity (Wildman–Crippen MR) is 109 cm³/mol. The van der Waals surface area contributed by atoms with Gasteiger partial charge in [-0.25, -0.2) is 4.98 Å². The van der Waals surface area contributed by atoms with E-state index in [4.69, 9.17) is 14.2 Å². The molecule has 0 aliphatic rings. The molecule has 7 heteroatoms. The van der Waals surface area contributed by atoms with Gasteiger partial charge in [-0.3, -0.25) is 4.79 Å². The third-order valence-electron chi connectivity index (χ3n) is 3.80. The van der Waals surface area contributed by atoms with E-state index in [-0.39, 0.29) is 5.91 Å². The fraction of sp³-hybridized carbons (Fsp3) is 0.238. The molecule has 0 aliphatic carbocycles. The molecule has 0 saturated carbocycles. The van der Waals surface area contributed by atoms with Crippen molar-refractivity contribution in [2.24, 2.45) is 0 Å². The number of nitrogens with zero attached hydrogens (tertiary/aromatic N) is 1. The van der Waals surface area contributed by atoms with Crippen LogP contribution in [0.1, 0.15) is 29.8 Å². The molecule has 0 radical (unpaired) electrons. The van der Waals surface area contributed by atoms with Gasteiger partial charge in [0.2, 0.25) is 0 Å². The monoisotopic (exact) mass is 398 g/mol. The van der Waals surface area contributed by atoms with Gasteiger partial charge in [-0.1, -0.05) is 23.5 Å². The molecule has 0 fully saturated rings. The maximum atomic E-state index is 12.5. The Morgan fingerprint density at radius 3 is 2.46 bits per heavy atom. The van der Waals surface area contributed by atoms with Crippen LogP contribution < -0.4 is 19.5 Å². The smallest absolute Gasteiger partial charge is 0.278 e. The molecule has 6 nitrogen and oxygen atoms in total. The maximum absolute atomic E-state index is 12.5. The first-order valence-electron chi connectivity index (χ1n) is 9.03. The number of hydrogen-bond acceptors (Lipinski definition) is 6. The van der Waals surface area contributed by atoms with Crippen LogP contribution in [0.4, 0.5) is 0 Å². The van der Waals surface area contributed by atoms with Crippen molar-refractivity contribution in [3.63, 3.8) is 0 Å². The van der Waals surface area contributed by atoms with Gasteiger partial charge in [0, 0.05) is 23.7 Å². The Kier molecular flexibility index (Phi) is 6.86. The number of nitrogens with one attached hydrogen (secondary N) is 1. The van der Waals surface area contributed by atoms with Crippen molar-refractivity contribution in [1.29, 1.82) is 0 Å². The van der Waals surface area contributed by atoms with Gasteiger partial charge in [0.15, 0.2) is 11.5 Å². The van der Waals surface area contributed by atoms with Gasteiger partial charge in [0.05, 0.1) is 13.2 Å². The van der Waals surface area contributed by atoms with E-state index in [0.717, 1.165) is 5.56 Å². The van der Waals surface area contributed by atoms with Crippen LogP contribution >= 0.6 is 11.3 Å². The minimum absolute atomic E-state index is 0.174. The largest absolute Gasteiger partial charge is 0.490 e. The number of carbonyl (C=O) groups excluding carboxylic acids is 1. The second kappa shape index (κ2) is 9.75. The Hall–Kier alpha value is -3.06. The molecular formula is C21H22N2O4S. The minimum Gasteiger partial charge on any atom is -0.490 e. The first kappa shape index (κ1) is 19.7. The van der Waals surface area contributed by atoms with Crippen LogP contribution in [0.15, 0.2) is 54.0 Å². The topological polar surface area (TPSA) is 69.7 Å². The van der Waals surface area contributed by atoms with E-state index in [9.17, 15) is 4.79 Å². The van der Waals surface area contributed by atoms with E-state index in [1.807, 2.05) is 43.5 Å². The van der Waals surface area contributed by atoms with Crippen molar-refractivity contribution >= 4 is 17.2 Å². The van der Waals surface area contributed by atoms with Crippen molar-refractivity contribution in [2.75, 3.05) is 13.2 Å². The van der Waals surface area contributed by atoms with E-state index < -0.39 is 0 Å². The Bertz CT molecular complexity index is 895. The second-order valence-corrected chi connectivity index (χ2v) is 6.61. The number of thiazole rings is 1. The summed E-state index contributed by atoms with van der Waals surface area (Å²) in [5.41, 5.74) is 1.49. The summed E-state index contributed by atoms with van der Waals surface area (Å²) in [7, 11) is 0. The number of amides is 1. The fourth-order valence-electron chi connectivity index (χ4n) is 2.51. The van der Waals surface area contributed by atoms with E-state index in [2.05, 4.69) is 10.3 Å². The zero-order valence-electron chi connectivity index (χ0n) is 15.8. The fourth-order valence-corrected chi connectivity index (χ4v) is 3.02. The Morgan fingerprint density at radius 2 is 1.79 bits per heavy atom. The molecule has 0 spiro atoms. The standard InChI is InChI=1S/C21H22N2O4S/c1-3-25-18-10-7-16(13-19(18)26-4-2)20(24)23-14-15-5-8-17(9-6-15)27-21-22-11-12-28-21/h5-13H,3-4,14H2,1-2H3,(H,23,24). The van der Waals surface area contributed by atoms with Gasteiger partial charge < -0.3 is 19.5 Å². The highest BCUT2D eigenvalue weighted by Gasteiger charge is 2.11. The third-order valence-corrected chi connectivity index (χ3v) is 4.45. The molecule has 3 aromatic rings. The van der Waals surface area contributed by atoms with Gasteiger partial charge in [-0.15, -0.1) is 0 Å². The van der Waals surface area contributed by atoms with Gasteiger partial charge in [0.25, 0.3) is 11.1 Å². The van der Waals surface area contributed by atoms with E-state index in [1.165, 1.54) is 11.3 Å². The van der Waals surface area contributed by atoms with Crippen LogP contribution in [-0.4, -0.2) is 24.1 Å². The van der Waals surface area contributed by atoms with Crippen molar-refractivity contribution in [3.8, 4) is 22.4 Å². The Labute approximate surface area is 168 Å². The molecule has 3 rings (SSSR count). The molecule has 0 atom stereocenters. The van der Waals surface area contributed by atoms with Crippen molar-refractivity contribution in [2.45, 2.75) is 20.4 Å². The van der Waals surface area contributed by atoms with Gasteiger partial charge >= 0.3 is 0 Å². The number of ether oxygens (including phenoxy) is 3. The van der Waals surface area contributed by atoms with Crippen LogP contribution in [0.3, 0.4) is 0 Å². The summed E-state index contributed by atoms with van der Waals surface area (Å²) in [5, 5.41) is 5.37. The first-order valence-corrected chi connectivity index (χ1v) is 9.91. The van der Waals surface area contributed by atoms with E-state index in [0.29, 0.717) is 47.8 Å². The summed E-state index contributed by atoms with van der Waals surface area (Å²) in [5.74, 6) is 1.74. The molecule has 0 bridgehead atoms. The number of benzene rings is 2. The minimum atomic E-state index is -0.174. The normalized spacial score (nSPS) is 10.4. The maximum Gasteiger partial charge on any atom is 0.278 e. The molecule has 1 N–H and O–H groups in total. The molecular weight excluding hydrogens is 376 g/mol. The highest BCUT2D eigenvalue weighted by molar-refractivity contribution is 7.11. The second-order valence-electron chi connectivity index (χ2n) is 5.75. The van der Waals surface area contributed by atoms with Crippen LogP contribution in [0.2, 0.25) is 0 Å². The molecule has 1 amide bonds. The summed E-state index contributed by atoms with van der Waals surface area (Å²) in [4.78, 5) is 16.6. The first-order chi connectivity index (χ1) is 13.7. The highest BCUT2D eigenvalue weighted by atomic mass is 32.1. The quantitative estimate of drug-likeness (QED) is 0.568. The lowest BCUT2D eigenvalue weighted by Crippen LogP contribution is -2.22. The van der Waals surface area contributed by atoms with Crippen molar-refractivity contribution in [3.05, 3.63) is 65.2 Å². The predicted octanol–water partition coefficient (Wildman–Crippen LogP) is 4.66. The average Bonchev–Trinajstić information content (AvgIpc) is 3.22. The summed E-state index contributed by atoms with van der Waals surface area (Å²) < 4.78 is 16.7. The Morgan fingerprint density at radius 1 is 1.04 bits per heavy atom. The summed E-state index contributed by atoms with van der Waals surface area (Å²) >= 11 is 1.43. The van der Waals surface area contributed by atoms with Crippen LogP contribution in [0, 0.1) is 0 Å². The average molecular weight is 398 g/mol. The zero-order valence-corrected chi connectivity index (χ0v) is 16.6. The van der Waals surface area contributed by atoms with Gasteiger partial charge in [0.1, 0.15) is 5.75 Å². The van der Waals surface area contributed by atoms with Crippen LogP contribution in [0.25, 0.3) is 0 Å². The van der Waals surface area contributed by atoms with E-state index in [1.54, 1.807) is 24.4 Å². The van der Waals surface area contributed by atoms with Gasteiger partial charge in [-0.05, 0) is 49.7 Å². The van der Waals surface area contributed by atoms with E-state index >= 15 is 0 Å². The number of hydrogen-bond donors (Lipinski definition) is 1. The molecule has 28 heavy (non-hydrogen) atoms. The SMILES string of the molecule is CCOc1ccc(C(=O)NCc2ccc(Oc3nccs3)cc2)cc1OCC. The molecule has 0 unspecified atom stereocenters. The lowest BCUT2D eigenvalue weighted by atomic mass is 10.1. The van der Waals surface area contributed by atoms with Crippen molar-refractivity contribution in [1.82, 2.24) is 10.3 Å². The lowest BCUT2D eigenvalue weighted by Gasteiger charge is -2.12. The summed E-state index contributed by atoms with van der Waals surface area (Å²) in [6, 6.07) is 12.7. The van der Waals surface area contributed by atoms with Crippen LogP contribution in [0.5, 0.6) is 22.4 Å². The molecule has 1 heterocycles.